The van der Waals surface area contributed by atoms with Crippen LogP contribution in [0.1, 0.15) is 30.0 Å². The first kappa shape index (κ1) is 17.9. The first-order valence-corrected chi connectivity index (χ1v) is 8.24. The molecule has 1 amide bonds. The van der Waals surface area contributed by atoms with E-state index >= 15 is 0 Å². The highest BCUT2D eigenvalue weighted by molar-refractivity contribution is 5.85. The lowest BCUT2D eigenvalue weighted by Gasteiger charge is -2.36. The molecule has 1 fully saturated rings. The number of hydrogen-bond donors (Lipinski definition) is 2. The number of benzene rings is 1. The monoisotopic (exact) mass is 319 g/mol. The first-order chi connectivity index (χ1) is 10.8. The van der Waals surface area contributed by atoms with E-state index in [0.29, 0.717) is 19.4 Å². The van der Waals surface area contributed by atoms with Crippen LogP contribution in [0.25, 0.3) is 0 Å². The van der Waals surface area contributed by atoms with E-state index in [1.807, 2.05) is 33.3 Å². The molecule has 2 N–H and O–H groups in total. The second-order valence-corrected chi connectivity index (χ2v) is 6.88. The highest BCUT2D eigenvalue weighted by Gasteiger charge is 2.38. The number of aryl methyl sites for hydroxylation is 1. The molecule has 0 aromatic heterocycles. The highest BCUT2D eigenvalue weighted by atomic mass is 16.3. The molecule has 1 unspecified atom stereocenters. The number of piperidine rings is 1. The van der Waals surface area contributed by atoms with Gasteiger partial charge in [0, 0.05) is 19.6 Å². The number of amides is 1. The fourth-order valence-corrected chi connectivity index (χ4v) is 3.10. The van der Waals surface area contributed by atoms with Gasteiger partial charge in [0.25, 0.3) is 5.91 Å². The largest absolute Gasteiger partial charge is 0.380 e. The van der Waals surface area contributed by atoms with Crippen molar-refractivity contribution in [3.63, 3.8) is 0 Å². The molecule has 1 aromatic carbocycles. The standard InChI is InChI=1S/C18H29N3O2/c1-14-7-5-6-8-15(14)16(20(2)3)13-19-17(22)18(23)9-11-21(4)12-10-18/h5-8,16,23H,9-13H2,1-4H3,(H,19,22). The van der Waals surface area contributed by atoms with Gasteiger partial charge in [0.05, 0.1) is 6.04 Å². The Bertz CT molecular complexity index is 537. The molecule has 0 aliphatic carbocycles. The Labute approximate surface area is 139 Å². The van der Waals surface area contributed by atoms with E-state index in [4.69, 9.17) is 0 Å². The summed E-state index contributed by atoms with van der Waals surface area (Å²) in [6.07, 6.45) is 0.985. The summed E-state index contributed by atoms with van der Waals surface area (Å²) in [5.41, 5.74) is 1.18. The first-order valence-electron chi connectivity index (χ1n) is 8.24. The fourth-order valence-electron chi connectivity index (χ4n) is 3.10. The maximum Gasteiger partial charge on any atom is 0.252 e. The van der Waals surface area contributed by atoms with Crippen LogP contribution in [0.3, 0.4) is 0 Å². The maximum absolute atomic E-state index is 12.5. The van der Waals surface area contributed by atoms with Gasteiger partial charge < -0.3 is 20.2 Å². The van der Waals surface area contributed by atoms with Crippen molar-refractivity contribution in [1.29, 1.82) is 0 Å². The Morgan fingerprint density at radius 1 is 1.35 bits per heavy atom. The number of rotatable bonds is 5. The van der Waals surface area contributed by atoms with Crippen molar-refractivity contribution < 1.29 is 9.90 Å². The van der Waals surface area contributed by atoms with Gasteiger partial charge in [0.1, 0.15) is 5.60 Å². The number of likely N-dealkylation sites (N-methyl/N-ethyl adjacent to an activating group) is 1. The van der Waals surface area contributed by atoms with Crippen molar-refractivity contribution in [2.45, 2.75) is 31.4 Å². The number of nitrogens with one attached hydrogen (secondary N) is 1. The Balaban J connectivity index is 2.02. The van der Waals surface area contributed by atoms with Gasteiger partial charge >= 0.3 is 0 Å². The van der Waals surface area contributed by atoms with E-state index in [9.17, 15) is 9.90 Å². The lowest BCUT2D eigenvalue weighted by Crippen LogP contribution is -2.54. The molecule has 1 aliphatic rings. The van der Waals surface area contributed by atoms with E-state index in [2.05, 4.69) is 34.2 Å². The van der Waals surface area contributed by atoms with Crippen LogP contribution in [-0.2, 0) is 4.79 Å². The highest BCUT2D eigenvalue weighted by Crippen LogP contribution is 2.24. The summed E-state index contributed by atoms with van der Waals surface area (Å²) in [4.78, 5) is 16.7. The van der Waals surface area contributed by atoms with Gasteiger partial charge in [-0.25, -0.2) is 0 Å². The molecule has 1 heterocycles. The van der Waals surface area contributed by atoms with E-state index in [1.165, 1.54) is 11.1 Å². The van der Waals surface area contributed by atoms with Gasteiger partial charge in [-0.3, -0.25) is 4.79 Å². The van der Waals surface area contributed by atoms with Crippen LogP contribution in [0, 0.1) is 6.92 Å². The number of carbonyl (C=O) groups excluding carboxylic acids is 1. The maximum atomic E-state index is 12.5. The van der Waals surface area contributed by atoms with Gasteiger partial charge in [0.2, 0.25) is 0 Å². The lowest BCUT2D eigenvalue weighted by molar-refractivity contribution is -0.144. The molecule has 23 heavy (non-hydrogen) atoms. The van der Waals surface area contributed by atoms with Crippen molar-refractivity contribution in [3.8, 4) is 0 Å². The third-order valence-electron chi connectivity index (χ3n) is 4.86. The molecule has 0 radical (unpaired) electrons. The van der Waals surface area contributed by atoms with E-state index < -0.39 is 5.60 Å². The Morgan fingerprint density at radius 3 is 2.52 bits per heavy atom. The normalized spacial score (nSPS) is 19.6. The summed E-state index contributed by atoms with van der Waals surface area (Å²) in [6.45, 7) is 4.07. The summed E-state index contributed by atoms with van der Waals surface area (Å²) >= 11 is 0. The predicted molar refractivity (Wildman–Crippen MR) is 92.3 cm³/mol. The average Bonchev–Trinajstić information content (AvgIpc) is 2.51. The van der Waals surface area contributed by atoms with Gasteiger partial charge in [-0.2, -0.15) is 0 Å². The number of nitrogens with zero attached hydrogens (tertiary/aromatic N) is 2. The Morgan fingerprint density at radius 2 is 1.96 bits per heavy atom. The van der Waals surface area contributed by atoms with Crippen LogP contribution < -0.4 is 5.32 Å². The minimum atomic E-state index is -1.23. The molecule has 5 heteroatoms. The minimum Gasteiger partial charge on any atom is -0.380 e. The third-order valence-corrected chi connectivity index (χ3v) is 4.86. The number of carbonyl (C=O) groups is 1. The Kier molecular flexibility index (Phi) is 5.79. The molecule has 0 bridgehead atoms. The van der Waals surface area contributed by atoms with Crippen molar-refractivity contribution in [3.05, 3.63) is 35.4 Å². The summed E-state index contributed by atoms with van der Waals surface area (Å²) in [6, 6.07) is 8.31. The molecule has 0 spiro atoms. The van der Waals surface area contributed by atoms with E-state index in [1.54, 1.807) is 0 Å². The summed E-state index contributed by atoms with van der Waals surface area (Å²) in [5, 5.41) is 13.5. The molecule has 128 valence electrons. The van der Waals surface area contributed by atoms with E-state index in [0.717, 1.165) is 13.1 Å². The second-order valence-electron chi connectivity index (χ2n) is 6.88. The van der Waals surface area contributed by atoms with Gasteiger partial charge in [-0.05, 0) is 52.0 Å². The van der Waals surface area contributed by atoms with E-state index in [-0.39, 0.29) is 11.9 Å². The van der Waals surface area contributed by atoms with Crippen molar-refractivity contribution in [2.24, 2.45) is 0 Å². The van der Waals surface area contributed by atoms with Crippen LogP contribution in [0.2, 0.25) is 0 Å². The number of hydrogen-bond acceptors (Lipinski definition) is 4. The summed E-state index contributed by atoms with van der Waals surface area (Å²) < 4.78 is 0. The van der Waals surface area contributed by atoms with Crippen molar-refractivity contribution in [1.82, 2.24) is 15.1 Å². The smallest absolute Gasteiger partial charge is 0.252 e. The minimum absolute atomic E-state index is 0.0926. The van der Waals surface area contributed by atoms with Crippen molar-refractivity contribution in [2.75, 3.05) is 40.8 Å². The molecule has 1 atom stereocenters. The second kappa shape index (κ2) is 7.43. The van der Waals surface area contributed by atoms with Gasteiger partial charge in [0.15, 0.2) is 0 Å². The number of aliphatic hydroxyl groups is 1. The molecule has 5 nitrogen and oxygen atoms in total. The molecule has 1 aliphatic heterocycles. The topological polar surface area (TPSA) is 55.8 Å². The zero-order valence-electron chi connectivity index (χ0n) is 14.7. The zero-order valence-corrected chi connectivity index (χ0v) is 14.7. The average molecular weight is 319 g/mol. The Hall–Kier alpha value is -1.43. The molecule has 2 rings (SSSR count). The fraction of sp³-hybridized carbons (Fsp3) is 0.611. The molecule has 1 saturated heterocycles. The zero-order chi connectivity index (χ0) is 17.0. The third kappa shape index (κ3) is 4.31. The van der Waals surface area contributed by atoms with Crippen LogP contribution in [-0.4, -0.2) is 67.2 Å². The van der Waals surface area contributed by atoms with Crippen molar-refractivity contribution >= 4 is 5.91 Å². The van der Waals surface area contributed by atoms with Crippen LogP contribution in [0.5, 0.6) is 0 Å². The molecule has 1 aromatic rings. The molecular formula is C18H29N3O2. The van der Waals surface area contributed by atoms with Gasteiger partial charge in [-0.1, -0.05) is 24.3 Å². The predicted octanol–water partition coefficient (Wildman–Crippen LogP) is 1.17. The quantitative estimate of drug-likeness (QED) is 0.855. The molecule has 0 saturated carbocycles. The van der Waals surface area contributed by atoms with Crippen LogP contribution in [0.15, 0.2) is 24.3 Å². The summed E-state index contributed by atoms with van der Waals surface area (Å²) in [7, 11) is 6.03. The lowest BCUT2D eigenvalue weighted by atomic mass is 9.90. The van der Waals surface area contributed by atoms with Crippen LogP contribution >= 0.6 is 0 Å². The summed E-state index contributed by atoms with van der Waals surface area (Å²) in [5.74, 6) is -0.244. The van der Waals surface area contributed by atoms with Gasteiger partial charge in [-0.15, -0.1) is 0 Å². The number of likely N-dealkylation sites (tertiary alicyclic amines) is 1. The molecular weight excluding hydrogens is 290 g/mol. The van der Waals surface area contributed by atoms with Crippen LogP contribution in [0.4, 0.5) is 0 Å². The SMILES string of the molecule is Cc1ccccc1C(CNC(=O)C1(O)CCN(C)CC1)N(C)C.